The van der Waals surface area contributed by atoms with Crippen molar-refractivity contribution >= 4 is 12.4 Å². The Kier molecular flexibility index (Phi) is 3.36. The molecular formula is C15H12O2. The van der Waals surface area contributed by atoms with E-state index in [1.807, 2.05) is 36.4 Å². The Morgan fingerprint density at radius 3 is 2.24 bits per heavy atom. The molecule has 0 unspecified atom stereocenters. The van der Waals surface area contributed by atoms with Gasteiger partial charge >= 0.3 is 0 Å². The number of aldehydes is 1. The van der Waals surface area contributed by atoms with Crippen LogP contribution >= 0.6 is 0 Å². The van der Waals surface area contributed by atoms with Gasteiger partial charge in [-0.3, -0.25) is 4.79 Å². The number of benzene rings is 2. The van der Waals surface area contributed by atoms with E-state index in [9.17, 15) is 9.90 Å². The van der Waals surface area contributed by atoms with E-state index in [-0.39, 0.29) is 5.75 Å². The van der Waals surface area contributed by atoms with Gasteiger partial charge in [-0.05, 0) is 23.3 Å². The first-order chi connectivity index (χ1) is 8.33. The minimum Gasteiger partial charge on any atom is -0.507 e. The summed E-state index contributed by atoms with van der Waals surface area (Å²) in [5.74, 6) is 0.236. The van der Waals surface area contributed by atoms with Crippen molar-refractivity contribution < 1.29 is 9.90 Å². The molecule has 0 atom stereocenters. The normalized spacial score (nSPS) is 10.6. The van der Waals surface area contributed by atoms with Gasteiger partial charge in [-0.15, -0.1) is 0 Å². The molecular weight excluding hydrogens is 212 g/mol. The summed E-state index contributed by atoms with van der Waals surface area (Å²) < 4.78 is 0. The van der Waals surface area contributed by atoms with Crippen LogP contribution in [0, 0.1) is 0 Å². The van der Waals surface area contributed by atoms with Gasteiger partial charge in [0.1, 0.15) is 12.0 Å². The molecule has 0 aliphatic heterocycles. The molecule has 2 heteroatoms. The lowest BCUT2D eigenvalue weighted by atomic mass is 9.99. The van der Waals surface area contributed by atoms with Crippen LogP contribution in [0.3, 0.4) is 0 Å². The molecule has 17 heavy (non-hydrogen) atoms. The first-order valence-electron chi connectivity index (χ1n) is 5.32. The maximum Gasteiger partial charge on any atom is 0.142 e. The summed E-state index contributed by atoms with van der Waals surface area (Å²) in [5, 5.41) is 9.82. The Bertz CT molecular complexity index is 556. The monoisotopic (exact) mass is 224 g/mol. The summed E-state index contributed by atoms with van der Waals surface area (Å²) in [6.07, 6.45) is 3.91. The second-order valence-corrected chi connectivity index (χ2v) is 3.60. The third-order valence-corrected chi connectivity index (χ3v) is 2.51. The lowest BCUT2D eigenvalue weighted by Gasteiger charge is -2.07. The van der Waals surface area contributed by atoms with Crippen molar-refractivity contribution in [1.29, 1.82) is 0 Å². The molecule has 0 fully saturated rings. The first kappa shape index (κ1) is 11.1. The Morgan fingerprint density at radius 1 is 0.882 bits per heavy atom. The molecule has 0 saturated carbocycles. The number of phenols is 1. The van der Waals surface area contributed by atoms with Crippen molar-refractivity contribution in [3.05, 3.63) is 60.2 Å². The number of carbonyl (C=O) groups is 1. The van der Waals surface area contributed by atoms with E-state index in [2.05, 4.69) is 0 Å². The maximum atomic E-state index is 10.4. The highest BCUT2D eigenvalue weighted by molar-refractivity contribution is 5.82. The largest absolute Gasteiger partial charge is 0.507 e. The first-order valence-corrected chi connectivity index (χ1v) is 5.32. The van der Waals surface area contributed by atoms with Gasteiger partial charge in [0.25, 0.3) is 0 Å². The minimum atomic E-state index is 0.236. The van der Waals surface area contributed by atoms with Gasteiger partial charge in [-0.25, -0.2) is 0 Å². The third-order valence-electron chi connectivity index (χ3n) is 2.51. The van der Waals surface area contributed by atoms with E-state index in [0.29, 0.717) is 0 Å². The number of phenolic OH excluding ortho intramolecular Hbond substituents is 1. The summed E-state index contributed by atoms with van der Waals surface area (Å²) in [6, 6.07) is 14.8. The van der Waals surface area contributed by atoms with Gasteiger partial charge in [0, 0.05) is 5.56 Å². The van der Waals surface area contributed by atoms with E-state index >= 15 is 0 Å². The molecule has 2 nitrogen and oxygen atoms in total. The van der Waals surface area contributed by atoms with E-state index in [0.717, 1.165) is 23.0 Å². The number of carbonyl (C=O) groups excluding carboxylic acids is 1. The van der Waals surface area contributed by atoms with Crippen LogP contribution in [-0.4, -0.2) is 11.4 Å². The fraction of sp³-hybridized carbons (Fsp3) is 0. The molecule has 0 heterocycles. The Balaban J connectivity index is 2.56. The lowest BCUT2D eigenvalue weighted by molar-refractivity contribution is -0.104. The van der Waals surface area contributed by atoms with Crippen LogP contribution in [0.4, 0.5) is 0 Å². The Morgan fingerprint density at radius 2 is 1.53 bits per heavy atom. The van der Waals surface area contributed by atoms with Crippen LogP contribution in [0.25, 0.3) is 17.2 Å². The zero-order chi connectivity index (χ0) is 12.1. The second kappa shape index (κ2) is 5.12. The fourth-order valence-corrected chi connectivity index (χ4v) is 1.73. The molecule has 0 spiro atoms. The number of rotatable bonds is 3. The fourth-order valence-electron chi connectivity index (χ4n) is 1.73. The highest BCUT2D eigenvalue weighted by Gasteiger charge is 2.05. The molecule has 84 valence electrons. The number of hydrogen-bond donors (Lipinski definition) is 1. The summed E-state index contributed by atoms with van der Waals surface area (Å²) in [7, 11) is 0. The van der Waals surface area contributed by atoms with E-state index in [1.165, 1.54) is 6.08 Å². The average molecular weight is 224 g/mol. The van der Waals surface area contributed by atoms with Gasteiger partial charge < -0.3 is 5.11 Å². The van der Waals surface area contributed by atoms with Gasteiger partial charge in [0.2, 0.25) is 0 Å². The maximum absolute atomic E-state index is 10.4. The van der Waals surface area contributed by atoms with Crippen molar-refractivity contribution in [3.8, 4) is 16.9 Å². The van der Waals surface area contributed by atoms with E-state index in [1.54, 1.807) is 18.2 Å². The van der Waals surface area contributed by atoms with Crippen LogP contribution in [0.1, 0.15) is 5.56 Å². The van der Waals surface area contributed by atoms with Crippen molar-refractivity contribution in [3.63, 3.8) is 0 Å². The van der Waals surface area contributed by atoms with Gasteiger partial charge in [-0.1, -0.05) is 48.5 Å². The Hall–Kier alpha value is -2.35. The zero-order valence-electron chi connectivity index (χ0n) is 9.21. The predicted octanol–water partition coefficient (Wildman–Crippen LogP) is 3.27. The molecule has 2 aromatic carbocycles. The molecule has 2 rings (SSSR count). The van der Waals surface area contributed by atoms with Gasteiger partial charge in [0.05, 0.1) is 0 Å². The molecule has 0 saturated heterocycles. The quantitative estimate of drug-likeness (QED) is 0.641. The zero-order valence-corrected chi connectivity index (χ0v) is 9.21. The van der Waals surface area contributed by atoms with E-state index < -0.39 is 0 Å². The van der Waals surface area contributed by atoms with Gasteiger partial charge in [-0.2, -0.15) is 0 Å². The molecule has 0 aromatic heterocycles. The summed E-state index contributed by atoms with van der Waals surface area (Å²) in [5.41, 5.74) is 2.57. The highest BCUT2D eigenvalue weighted by Crippen LogP contribution is 2.31. The molecule has 0 aliphatic carbocycles. The van der Waals surface area contributed by atoms with Crippen molar-refractivity contribution in [2.75, 3.05) is 0 Å². The van der Waals surface area contributed by atoms with Crippen molar-refractivity contribution in [1.82, 2.24) is 0 Å². The molecule has 0 aliphatic rings. The van der Waals surface area contributed by atoms with Crippen molar-refractivity contribution in [2.45, 2.75) is 0 Å². The minimum absolute atomic E-state index is 0.236. The third kappa shape index (κ3) is 2.42. The van der Waals surface area contributed by atoms with Crippen LogP contribution < -0.4 is 0 Å². The average Bonchev–Trinajstić information content (AvgIpc) is 2.37. The van der Waals surface area contributed by atoms with Crippen LogP contribution in [0.15, 0.2) is 54.6 Å². The molecule has 2 aromatic rings. The lowest BCUT2D eigenvalue weighted by Crippen LogP contribution is -1.83. The van der Waals surface area contributed by atoms with Crippen molar-refractivity contribution in [2.24, 2.45) is 0 Å². The van der Waals surface area contributed by atoms with E-state index in [4.69, 9.17) is 0 Å². The van der Waals surface area contributed by atoms with Crippen LogP contribution in [0.5, 0.6) is 5.75 Å². The molecule has 0 amide bonds. The number of hydrogen-bond acceptors (Lipinski definition) is 2. The highest BCUT2D eigenvalue weighted by atomic mass is 16.3. The number of aromatic hydroxyl groups is 1. The molecule has 0 radical (unpaired) electrons. The number of allylic oxidation sites excluding steroid dienone is 1. The second-order valence-electron chi connectivity index (χ2n) is 3.60. The number of para-hydroxylation sites is 1. The van der Waals surface area contributed by atoms with Crippen LogP contribution in [-0.2, 0) is 4.79 Å². The summed E-state index contributed by atoms with van der Waals surface area (Å²) in [4.78, 5) is 10.4. The smallest absolute Gasteiger partial charge is 0.142 e. The standard InChI is InChI=1S/C15H12O2/c16-11-5-7-12-6-1-2-8-13(12)14-9-3-4-10-15(14)17/h1-11,17H/b7-5+. The Labute approximate surface area is 99.8 Å². The molecule has 0 bridgehead atoms. The summed E-state index contributed by atoms with van der Waals surface area (Å²) in [6.45, 7) is 0. The molecule has 1 N–H and O–H groups in total. The SMILES string of the molecule is O=C/C=C/c1ccccc1-c1ccccc1O. The summed E-state index contributed by atoms with van der Waals surface area (Å²) >= 11 is 0. The van der Waals surface area contributed by atoms with Gasteiger partial charge in [0.15, 0.2) is 0 Å². The topological polar surface area (TPSA) is 37.3 Å². The van der Waals surface area contributed by atoms with Crippen LogP contribution in [0.2, 0.25) is 0 Å². The predicted molar refractivity (Wildman–Crippen MR) is 68.6 cm³/mol.